The Morgan fingerprint density at radius 1 is 0.867 bits per heavy atom. The number of ketones is 2. The van der Waals surface area contributed by atoms with Crippen LogP contribution in [0.15, 0.2) is 78.5 Å². The maximum Gasteiger partial charge on any atom is 0.257 e. The average molecular weight is 421 g/mol. The third kappa shape index (κ3) is 3.86. The minimum atomic E-state index is -0.528. The van der Waals surface area contributed by atoms with Crippen LogP contribution >= 0.6 is 11.6 Å². The van der Waals surface area contributed by atoms with Gasteiger partial charge in [-0.1, -0.05) is 35.9 Å². The van der Waals surface area contributed by atoms with Crippen LogP contribution in [0.2, 0.25) is 5.02 Å². The largest absolute Gasteiger partial charge is 0.352 e. The number of hydrogen-bond donors (Lipinski definition) is 2. The van der Waals surface area contributed by atoms with E-state index in [0.717, 1.165) is 12.1 Å². The van der Waals surface area contributed by atoms with E-state index in [1.807, 2.05) is 0 Å². The van der Waals surface area contributed by atoms with Crippen molar-refractivity contribution in [2.24, 2.45) is 0 Å². The van der Waals surface area contributed by atoms with E-state index in [1.165, 1.54) is 12.1 Å². The molecule has 1 aliphatic rings. The predicted octanol–water partition coefficient (Wildman–Crippen LogP) is 5.11. The van der Waals surface area contributed by atoms with Crippen molar-refractivity contribution in [3.8, 4) is 0 Å². The van der Waals surface area contributed by atoms with E-state index in [4.69, 9.17) is 11.6 Å². The molecule has 0 fully saturated rings. The summed E-state index contributed by atoms with van der Waals surface area (Å²) >= 11 is 5.91. The molecule has 3 aromatic carbocycles. The molecular formula is C23H14ClFN2O3. The number of carbonyl (C=O) groups excluding carboxylic acids is 3. The van der Waals surface area contributed by atoms with Crippen LogP contribution < -0.4 is 10.6 Å². The fourth-order valence-electron chi connectivity index (χ4n) is 3.07. The van der Waals surface area contributed by atoms with E-state index in [0.29, 0.717) is 22.5 Å². The Morgan fingerprint density at radius 2 is 1.53 bits per heavy atom. The molecule has 0 heterocycles. The first-order valence-electron chi connectivity index (χ1n) is 8.95. The quantitative estimate of drug-likeness (QED) is 0.615. The SMILES string of the molecule is O=C(Nc1ccc(NC2=CC(=O)c3ccccc3C2=O)cc1)c1ccc(F)cc1Cl. The van der Waals surface area contributed by atoms with Crippen molar-refractivity contribution in [3.63, 3.8) is 0 Å². The van der Waals surface area contributed by atoms with Gasteiger partial charge in [-0.25, -0.2) is 4.39 Å². The molecule has 0 saturated carbocycles. The van der Waals surface area contributed by atoms with Gasteiger partial charge in [-0.15, -0.1) is 0 Å². The second-order valence-electron chi connectivity index (χ2n) is 6.58. The molecule has 0 aliphatic heterocycles. The van der Waals surface area contributed by atoms with Gasteiger partial charge in [0, 0.05) is 28.6 Å². The summed E-state index contributed by atoms with van der Waals surface area (Å²) in [5.41, 5.74) is 2.11. The van der Waals surface area contributed by atoms with Gasteiger partial charge in [-0.3, -0.25) is 14.4 Å². The minimum absolute atomic E-state index is 0.0125. The summed E-state index contributed by atoms with van der Waals surface area (Å²) in [5, 5.41) is 5.63. The summed E-state index contributed by atoms with van der Waals surface area (Å²) < 4.78 is 13.1. The number of amides is 1. The zero-order chi connectivity index (χ0) is 21.3. The Balaban J connectivity index is 1.47. The Labute approximate surface area is 176 Å². The van der Waals surface area contributed by atoms with E-state index in [1.54, 1.807) is 48.5 Å². The van der Waals surface area contributed by atoms with Crippen molar-refractivity contribution < 1.29 is 18.8 Å². The lowest BCUT2D eigenvalue weighted by atomic mass is 9.92. The minimum Gasteiger partial charge on any atom is -0.352 e. The fourth-order valence-corrected chi connectivity index (χ4v) is 3.33. The molecule has 0 saturated heterocycles. The first-order chi connectivity index (χ1) is 14.4. The third-order valence-electron chi connectivity index (χ3n) is 4.55. The van der Waals surface area contributed by atoms with Crippen molar-refractivity contribution in [3.05, 3.63) is 106 Å². The molecular weight excluding hydrogens is 407 g/mol. The van der Waals surface area contributed by atoms with Crippen LogP contribution in [0.1, 0.15) is 31.1 Å². The van der Waals surface area contributed by atoms with Crippen LogP contribution in [0, 0.1) is 5.82 Å². The smallest absolute Gasteiger partial charge is 0.257 e. The van der Waals surface area contributed by atoms with E-state index < -0.39 is 11.7 Å². The maximum absolute atomic E-state index is 13.1. The fraction of sp³-hybridized carbons (Fsp3) is 0. The average Bonchev–Trinajstić information content (AvgIpc) is 2.73. The van der Waals surface area contributed by atoms with E-state index in [-0.39, 0.29) is 27.8 Å². The lowest BCUT2D eigenvalue weighted by Gasteiger charge is -2.16. The Morgan fingerprint density at radius 3 is 2.23 bits per heavy atom. The lowest BCUT2D eigenvalue weighted by Crippen LogP contribution is -2.21. The van der Waals surface area contributed by atoms with Gasteiger partial charge in [0.15, 0.2) is 5.78 Å². The Hall–Kier alpha value is -3.77. The molecule has 5 nitrogen and oxygen atoms in total. The lowest BCUT2D eigenvalue weighted by molar-refractivity contribution is 0.0985. The van der Waals surface area contributed by atoms with Gasteiger partial charge in [-0.05, 0) is 42.5 Å². The van der Waals surface area contributed by atoms with Gasteiger partial charge >= 0.3 is 0 Å². The van der Waals surface area contributed by atoms with Crippen molar-refractivity contribution in [1.29, 1.82) is 0 Å². The zero-order valence-corrected chi connectivity index (χ0v) is 16.2. The Kier molecular flexibility index (Phi) is 5.16. The highest BCUT2D eigenvalue weighted by Gasteiger charge is 2.25. The molecule has 0 spiro atoms. The number of hydrogen-bond acceptors (Lipinski definition) is 4. The van der Waals surface area contributed by atoms with Gasteiger partial charge in [-0.2, -0.15) is 0 Å². The van der Waals surface area contributed by atoms with Crippen LogP contribution in [0.25, 0.3) is 0 Å². The highest BCUT2D eigenvalue weighted by Crippen LogP contribution is 2.24. The monoisotopic (exact) mass is 420 g/mol. The Bertz CT molecular complexity index is 1220. The molecule has 0 unspecified atom stereocenters. The topological polar surface area (TPSA) is 75.3 Å². The third-order valence-corrected chi connectivity index (χ3v) is 4.87. The van der Waals surface area contributed by atoms with Crippen molar-refractivity contribution in [2.75, 3.05) is 10.6 Å². The molecule has 0 bridgehead atoms. The van der Waals surface area contributed by atoms with Crippen LogP contribution in [-0.2, 0) is 0 Å². The predicted molar refractivity (Wildman–Crippen MR) is 113 cm³/mol. The number of carbonyl (C=O) groups is 3. The van der Waals surface area contributed by atoms with Crippen molar-refractivity contribution in [1.82, 2.24) is 0 Å². The number of anilines is 2. The van der Waals surface area contributed by atoms with Crippen LogP contribution in [0.3, 0.4) is 0 Å². The number of nitrogens with one attached hydrogen (secondary N) is 2. The first kappa shape index (κ1) is 19.5. The summed E-state index contributed by atoms with van der Waals surface area (Å²) in [5.74, 6) is -1.52. The van der Waals surface area contributed by atoms with Gasteiger partial charge < -0.3 is 10.6 Å². The van der Waals surface area contributed by atoms with Gasteiger partial charge in [0.05, 0.1) is 16.3 Å². The van der Waals surface area contributed by atoms with Crippen molar-refractivity contribution in [2.45, 2.75) is 0 Å². The van der Waals surface area contributed by atoms with E-state index in [9.17, 15) is 18.8 Å². The second kappa shape index (κ2) is 7.93. The summed E-state index contributed by atoms with van der Waals surface area (Å²) in [6.45, 7) is 0. The maximum atomic E-state index is 13.1. The van der Waals surface area contributed by atoms with Crippen molar-refractivity contribution >= 4 is 40.4 Å². The molecule has 0 radical (unpaired) electrons. The van der Waals surface area contributed by atoms with Gasteiger partial charge in [0.1, 0.15) is 5.82 Å². The molecule has 30 heavy (non-hydrogen) atoms. The molecule has 2 N–H and O–H groups in total. The van der Waals surface area contributed by atoms with Gasteiger partial charge in [0.2, 0.25) is 5.78 Å². The molecule has 4 rings (SSSR count). The number of fused-ring (bicyclic) bond motifs is 1. The first-order valence-corrected chi connectivity index (χ1v) is 9.33. The summed E-state index contributed by atoms with van der Waals surface area (Å²) in [6.07, 6.45) is 1.27. The molecule has 0 atom stereocenters. The number of benzene rings is 3. The van der Waals surface area contributed by atoms with E-state index in [2.05, 4.69) is 10.6 Å². The summed E-state index contributed by atoms with van der Waals surface area (Å²) in [7, 11) is 0. The standard InChI is InChI=1S/C23H14ClFN2O3/c24-19-11-13(25)5-10-18(19)23(30)27-15-8-6-14(7-9-15)26-20-12-21(28)16-3-1-2-4-17(16)22(20)29/h1-12,26H,(H,27,30). The van der Waals surface area contributed by atoms with Gasteiger partial charge in [0.25, 0.3) is 5.91 Å². The highest BCUT2D eigenvalue weighted by atomic mass is 35.5. The number of allylic oxidation sites excluding steroid dienone is 2. The molecule has 148 valence electrons. The zero-order valence-electron chi connectivity index (χ0n) is 15.4. The van der Waals surface area contributed by atoms with Crippen LogP contribution in [0.4, 0.5) is 15.8 Å². The molecule has 3 aromatic rings. The van der Waals surface area contributed by atoms with E-state index >= 15 is 0 Å². The molecule has 7 heteroatoms. The second-order valence-corrected chi connectivity index (χ2v) is 6.98. The molecule has 1 amide bonds. The number of halogens is 2. The summed E-state index contributed by atoms with van der Waals surface area (Å²) in [6, 6.07) is 16.7. The van der Waals surface area contributed by atoms with Crippen LogP contribution in [0.5, 0.6) is 0 Å². The normalized spacial score (nSPS) is 12.8. The highest BCUT2D eigenvalue weighted by molar-refractivity contribution is 6.34. The van der Waals surface area contributed by atoms with Crippen LogP contribution in [-0.4, -0.2) is 17.5 Å². The summed E-state index contributed by atoms with van der Waals surface area (Å²) in [4.78, 5) is 37.2. The number of Topliss-reactive ketones (excluding diaryl/α,β-unsaturated/α-hetero) is 1. The molecule has 0 aromatic heterocycles. The number of rotatable bonds is 4. The molecule has 1 aliphatic carbocycles.